The molecular formula is C13H22N2. The highest BCUT2D eigenvalue weighted by Gasteiger charge is 2.21. The summed E-state index contributed by atoms with van der Waals surface area (Å²) < 4.78 is 0. The van der Waals surface area contributed by atoms with Crippen molar-refractivity contribution >= 4 is 0 Å². The van der Waals surface area contributed by atoms with Gasteiger partial charge < -0.3 is 10.6 Å². The Hall–Kier alpha value is -0.920. The van der Waals surface area contributed by atoms with E-state index >= 15 is 0 Å². The summed E-state index contributed by atoms with van der Waals surface area (Å²) in [5.74, 6) is 1.59. The van der Waals surface area contributed by atoms with Crippen molar-refractivity contribution in [1.82, 2.24) is 10.6 Å². The van der Waals surface area contributed by atoms with E-state index < -0.39 is 0 Å². The fourth-order valence-corrected chi connectivity index (χ4v) is 2.56. The van der Waals surface area contributed by atoms with E-state index in [0.717, 1.165) is 18.5 Å². The predicted octanol–water partition coefficient (Wildman–Crippen LogP) is 2.75. The Morgan fingerprint density at radius 3 is 3.00 bits per heavy atom. The molecule has 0 saturated carbocycles. The molecule has 0 saturated heterocycles. The van der Waals surface area contributed by atoms with Gasteiger partial charge in [0, 0.05) is 11.9 Å². The van der Waals surface area contributed by atoms with Gasteiger partial charge in [-0.15, -0.1) is 0 Å². The number of nitrogens with one attached hydrogen (secondary N) is 2. The minimum absolute atomic E-state index is 0.792. The Kier molecular flexibility index (Phi) is 3.34. The van der Waals surface area contributed by atoms with Crippen LogP contribution in [0, 0.1) is 11.8 Å². The second-order valence-corrected chi connectivity index (χ2v) is 5.08. The lowest BCUT2D eigenvalue weighted by Crippen LogP contribution is -2.16. The van der Waals surface area contributed by atoms with E-state index in [4.69, 9.17) is 0 Å². The number of hydrogen-bond donors (Lipinski definition) is 2. The highest BCUT2D eigenvalue weighted by Crippen LogP contribution is 2.34. The van der Waals surface area contributed by atoms with Crippen molar-refractivity contribution in [1.29, 1.82) is 0 Å². The Labute approximate surface area is 92.8 Å². The Morgan fingerprint density at radius 2 is 2.33 bits per heavy atom. The van der Waals surface area contributed by atoms with E-state index in [1.165, 1.54) is 31.4 Å². The van der Waals surface area contributed by atoms with Crippen LogP contribution < -0.4 is 10.6 Å². The van der Waals surface area contributed by atoms with E-state index in [1.807, 2.05) is 0 Å². The number of rotatable bonds is 4. The van der Waals surface area contributed by atoms with Crippen molar-refractivity contribution < 1.29 is 0 Å². The summed E-state index contributed by atoms with van der Waals surface area (Å²) in [4.78, 5) is 0. The standard InChI is InChI=1S/C13H22N2/c1-10(2)6-11-4-3-5-12(11)7-13-8-14-9-15-13/h4,8,10,12,14-15H,3,5-7,9H2,1-2H3. The first kappa shape index (κ1) is 10.6. The fourth-order valence-electron chi connectivity index (χ4n) is 2.56. The molecule has 2 aliphatic rings. The van der Waals surface area contributed by atoms with Gasteiger partial charge in [0.25, 0.3) is 0 Å². The van der Waals surface area contributed by atoms with Gasteiger partial charge in [0.1, 0.15) is 0 Å². The molecule has 1 unspecified atom stereocenters. The normalized spacial score (nSPS) is 24.9. The third kappa shape index (κ3) is 2.77. The van der Waals surface area contributed by atoms with Crippen molar-refractivity contribution in [3.8, 4) is 0 Å². The third-order valence-corrected chi connectivity index (χ3v) is 3.25. The lowest BCUT2D eigenvalue weighted by Gasteiger charge is -2.17. The minimum atomic E-state index is 0.792. The largest absolute Gasteiger partial charge is 0.372 e. The van der Waals surface area contributed by atoms with Crippen LogP contribution in [0.4, 0.5) is 0 Å². The third-order valence-electron chi connectivity index (χ3n) is 3.25. The van der Waals surface area contributed by atoms with Crippen molar-refractivity contribution in [2.75, 3.05) is 6.67 Å². The van der Waals surface area contributed by atoms with Gasteiger partial charge in [0.15, 0.2) is 0 Å². The maximum absolute atomic E-state index is 3.38. The molecule has 2 rings (SSSR count). The average Bonchev–Trinajstić information content (AvgIpc) is 2.78. The van der Waals surface area contributed by atoms with Gasteiger partial charge in [-0.05, 0) is 37.5 Å². The monoisotopic (exact) mass is 206 g/mol. The maximum atomic E-state index is 3.38. The van der Waals surface area contributed by atoms with Crippen LogP contribution in [0.1, 0.15) is 39.5 Å². The van der Waals surface area contributed by atoms with Crippen LogP contribution in [0.2, 0.25) is 0 Å². The first-order valence-electron chi connectivity index (χ1n) is 6.11. The van der Waals surface area contributed by atoms with Crippen molar-refractivity contribution in [3.63, 3.8) is 0 Å². The van der Waals surface area contributed by atoms with Crippen LogP contribution in [0.3, 0.4) is 0 Å². The zero-order chi connectivity index (χ0) is 10.7. The second kappa shape index (κ2) is 4.73. The molecule has 0 amide bonds. The van der Waals surface area contributed by atoms with Gasteiger partial charge in [-0.2, -0.15) is 0 Å². The molecule has 0 aromatic rings. The molecule has 0 fully saturated rings. The molecule has 2 heteroatoms. The SMILES string of the molecule is CC(C)CC1=CCCC1CC1=CNCN1. The van der Waals surface area contributed by atoms with E-state index in [0.29, 0.717) is 0 Å². The molecule has 0 radical (unpaired) electrons. The maximum Gasteiger partial charge on any atom is 0.0843 e. The summed E-state index contributed by atoms with van der Waals surface area (Å²) in [5.41, 5.74) is 3.08. The van der Waals surface area contributed by atoms with E-state index in [1.54, 1.807) is 5.57 Å². The highest BCUT2D eigenvalue weighted by atomic mass is 15.1. The Bertz CT molecular complexity index is 276. The average molecular weight is 206 g/mol. The lowest BCUT2D eigenvalue weighted by atomic mass is 9.90. The molecule has 1 aliphatic carbocycles. The van der Waals surface area contributed by atoms with Crippen LogP contribution in [0.15, 0.2) is 23.5 Å². The number of allylic oxidation sites excluding steroid dienone is 3. The molecule has 84 valence electrons. The summed E-state index contributed by atoms with van der Waals surface area (Å²) >= 11 is 0. The topological polar surface area (TPSA) is 24.1 Å². The molecule has 0 bridgehead atoms. The minimum Gasteiger partial charge on any atom is -0.372 e. The van der Waals surface area contributed by atoms with Crippen LogP contribution in [-0.4, -0.2) is 6.67 Å². The summed E-state index contributed by atoms with van der Waals surface area (Å²) in [6, 6.07) is 0. The highest BCUT2D eigenvalue weighted by molar-refractivity contribution is 5.17. The Balaban J connectivity index is 1.89. The van der Waals surface area contributed by atoms with E-state index in [2.05, 4.69) is 36.8 Å². The fraction of sp³-hybridized carbons (Fsp3) is 0.692. The molecule has 0 aromatic carbocycles. The molecule has 0 aromatic heterocycles. The first-order valence-corrected chi connectivity index (χ1v) is 6.11. The van der Waals surface area contributed by atoms with Crippen LogP contribution in [0.25, 0.3) is 0 Å². The lowest BCUT2D eigenvalue weighted by molar-refractivity contribution is 0.526. The predicted molar refractivity (Wildman–Crippen MR) is 64.1 cm³/mol. The van der Waals surface area contributed by atoms with Gasteiger partial charge in [0.2, 0.25) is 0 Å². The van der Waals surface area contributed by atoms with Crippen molar-refractivity contribution in [2.45, 2.75) is 39.5 Å². The van der Waals surface area contributed by atoms with Gasteiger partial charge >= 0.3 is 0 Å². The molecule has 1 atom stereocenters. The van der Waals surface area contributed by atoms with Crippen LogP contribution in [0.5, 0.6) is 0 Å². The van der Waals surface area contributed by atoms with Crippen LogP contribution >= 0.6 is 0 Å². The van der Waals surface area contributed by atoms with Gasteiger partial charge in [-0.25, -0.2) is 0 Å². The van der Waals surface area contributed by atoms with Gasteiger partial charge in [-0.1, -0.05) is 25.5 Å². The Morgan fingerprint density at radius 1 is 1.47 bits per heavy atom. The zero-order valence-electron chi connectivity index (χ0n) is 9.84. The molecule has 2 nitrogen and oxygen atoms in total. The molecular weight excluding hydrogens is 184 g/mol. The number of hydrogen-bond acceptors (Lipinski definition) is 2. The van der Waals surface area contributed by atoms with Crippen LogP contribution in [-0.2, 0) is 0 Å². The summed E-state index contributed by atoms with van der Waals surface area (Å²) in [7, 11) is 0. The molecule has 1 aliphatic heterocycles. The first-order chi connectivity index (χ1) is 7.25. The van der Waals surface area contributed by atoms with Crippen molar-refractivity contribution in [3.05, 3.63) is 23.5 Å². The summed E-state index contributed by atoms with van der Waals surface area (Å²) in [6.45, 7) is 5.53. The van der Waals surface area contributed by atoms with Gasteiger partial charge in [-0.3, -0.25) is 0 Å². The quantitative estimate of drug-likeness (QED) is 0.691. The van der Waals surface area contributed by atoms with E-state index in [9.17, 15) is 0 Å². The molecule has 2 N–H and O–H groups in total. The van der Waals surface area contributed by atoms with Crippen molar-refractivity contribution in [2.24, 2.45) is 11.8 Å². The molecule has 1 heterocycles. The smallest absolute Gasteiger partial charge is 0.0843 e. The zero-order valence-corrected chi connectivity index (χ0v) is 9.84. The summed E-state index contributed by atoms with van der Waals surface area (Å²) in [5, 5.41) is 6.59. The molecule has 0 spiro atoms. The molecule has 15 heavy (non-hydrogen) atoms. The second-order valence-electron chi connectivity index (χ2n) is 5.08. The van der Waals surface area contributed by atoms with Gasteiger partial charge in [0.05, 0.1) is 6.67 Å². The van der Waals surface area contributed by atoms with E-state index in [-0.39, 0.29) is 0 Å². The summed E-state index contributed by atoms with van der Waals surface area (Å²) in [6.07, 6.45) is 9.71.